The third-order valence-corrected chi connectivity index (χ3v) is 6.26. The van der Waals surface area contributed by atoms with Gasteiger partial charge in [0.1, 0.15) is 11.5 Å². The van der Waals surface area contributed by atoms with Crippen LogP contribution in [0.4, 0.5) is 5.95 Å². The fourth-order valence-corrected chi connectivity index (χ4v) is 4.59. The molecule has 0 unspecified atom stereocenters. The summed E-state index contributed by atoms with van der Waals surface area (Å²) in [6.07, 6.45) is 1.09. The van der Waals surface area contributed by atoms with Crippen molar-refractivity contribution in [2.24, 2.45) is 0 Å². The summed E-state index contributed by atoms with van der Waals surface area (Å²) in [6, 6.07) is 5.74. The molecule has 1 aromatic carbocycles. The molecule has 2 aromatic rings. The molecule has 166 valence electrons. The average Bonchev–Trinajstić information content (AvgIpc) is 2.78. The van der Waals surface area contributed by atoms with Gasteiger partial charge in [0.05, 0.1) is 37.8 Å². The molecule has 4 rings (SSSR count). The first kappa shape index (κ1) is 21.5. The predicted molar refractivity (Wildman–Crippen MR) is 117 cm³/mol. The van der Waals surface area contributed by atoms with Gasteiger partial charge < -0.3 is 19.5 Å². The number of aromatic nitrogens is 2. The van der Waals surface area contributed by atoms with Crippen molar-refractivity contribution >= 4 is 11.7 Å². The number of methoxy groups -OCH3 is 2. The summed E-state index contributed by atoms with van der Waals surface area (Å²) >= 11 is 0. The summed E-state index contributed by atoms with van der Waals surface area (Å²) in [5.74, 6) is 2.23. The highest BCUT2D eigenvalue weighted by atomic mass is 16.5. The van der Waals surface area contributed by atoms with E-state index in [-0.39, 0.29) is 18.3 Å². The Labute approximate surface area is 182 Å². The molecule has 8 nitrogen and oxygen atoms in total. The molecule has 1 saturated heterocycles. The van der Waals surface area contributed by atoms with Crippen LogP contribution in [0.15, 0.2) is 18.2 Å². The number of hydrogen-bond acceptors (Lipinski definition) is 8. The molecule has 0 bridgehead atoms. The highest BCUT2D eigenvalue weighted by Gasteiger charge is 2.32. The predicted octanol–water partition coefficient (Wildman–Crippen LogP) is 1.83. The fourth-order valence-electron chi connectivity index (χ4n) is 4.59. The van der Waals surface area contributed by atoms with Crippen molar-refractivity contribution in [2.45, 2.75) is 25.7 Å². The Morgan fingerprint density at radius 3 is 2.55 bits per heavy atom. The first-order valence-electron chi connectivity index (χ1n) is 10.7. The lowest BCUT2D eigenvalue weighted by Gasteiger charge is -2.35. The van der Waals surface area contributed by atoms with Crippen molar-refractivity contribution in [3.63, 3.8) is 0 Å². The SMILES string of the molecule is COc1ccc([C@@H]2CC(=O)c3c(C)nc(N4CCN(CCO)CC4)nc3C2)c(OC)c1. The van der Waals surface area contributed by atoms with Crippen LogP contribution < -0.4 is 14.4 Å². The van der Waals surface area contributed by atoms with Crippen LogP contribution in [0.3, 0.4) is 0 Å². The number of aryl methyl sites for hydroxylation is 1. The van der Waals surface area contributed by atoms with Crippen LogP contribution in [0.25, 0.3) is 0 Å². The fraction of sp³-hybridized carbons (Fsp3) is 0.522. The number of hydrogen-bond donors (Lipinski definition) is 1. The maximum absolute atomic E-state index is 13.0. The number of benzene rings is 1. The van der Waals surface area contributed by atoms with Crippen molar-refractivity contribution in [1.82, 2.24) is 14.9 Å². The van der Waals surface area contributed by atoms with Gasteiger partial charge in [-0.25, -0.2) is 9.97 Å². The number of aliphatic hydroxyl groups is 1. The zero-order chi connectivity index (χ0) is 22.0. The Morgan fingerprint density at radius 1 is 1.10 bits per heavy atom. The van der Waals surface area contributed by atoms with Gasteiger partial charge in [0.25, 0.3) is 0 Å². The summed E-state index contributed by atoms with van der Waals surface area (Å²) in [5.41, 5.74) is 3.24. The number of ether oxygens (including phenoxy) is 2. The zero-order valence-electron chi connectivity index (χ0n) is 18.4. The van der Waals surface area contributed by atoms with Crippen LogP contribution >= 0.6 is 0 Å². The molecule has 1 N–H and O–H groups in total. The van der Waals surface area contributed by atoms with Crippen LogP contribution in [0.1, 0.15) is 39.6 Å². The molecule has 2 aliphatic rings. The van der Waals surface area contributed by atoms with Gasteiger partial charge in [0.15, 0.2) is 5.78 Å². The highest BCUT2D eigenvalue weighted by Crippen LogP contribution is 2.39. The third kappa shape index (κ3) is 4.36. The van der Waals surface area contributed by atoms with E-state index in [9.17, 15) is 4.79 Å². The molecular weight excluding hydrogens is 396 g/mol. The summed E-state index contributed by atoms with van der Waals surface area (Å²) in [6.45, 7) is 6.11. The second-order valence-corrected chi connectivity index (χ2v) is 8.12. The Hall–Kier alpha value is -2.71. The Kier molecular flexibility index (Phi) is 6.38. The molecule has 0 radical (unpaired) electrons. The number of carbonyl (C=O) groups excluding carboxylic acids is 1. The quantitative estimate of drug-likeness (QED) is 0.749. The van der Waals surface area contributed by atoms with Gasteiger partial charge in [0.2, 0.25) is 5.95 Å². The minimum atomic E-state index is 0.00408. The molecular formula is C23H30N4O4. The van der Waals surface area contributed by atoms with Crippen LogP contribution in [0.5, 0.6) is 11.5 Å². The Bertz CT molecular complexity index is 957. The standard InChI is InChI=1S/C23H30N4O4/c1-15-22-19(25-23(24-15)27-8-6-26(7-9-27)10-11-28)12-16(13-20(22)29)18-5-4-17(30-2)14-21(18)31-3/h4-5,14,16,28H,6-13H2,1-3H3/t16-/m0/s1. The van der Waals surface area contributed by atoms with E-state index in [1.54, 1.807) is 14.2 Å². The van der Waals surface area contributed by atoms with Gasteiger partial charge in [-0.1, -0.05) is 6.07 Å². The summed E-state index contributed by atoms with van der Waals surface area (Å²) in [7, 11) is 3.26. The molecule has 2 heterocycles. The minimum absolute atomic E-state index is 0.00408. The second kappa shape index (κ2) is 9.20. The number of piperazine rings is 1. The summed E-state index contributed by atoms with van der Waals surface area (Å²) in [4.78, 5) is 26.9. The van der Waals surface area contributed by atoms with Crippen molar-refractivity contribution in [1.29, 1.82) is 0 Å². The first-order chi connectivity index (χ1) is 15.0. The molecule has 1 aromatic heterocycles. The number of carbonyl (C=O) groups is 1. The van der Waals surface area contributed by atoms with Crippen LogP contribution in [-0.2, 0) is 6.42 Å². The van der Waals surface area contributed by atoms with Gasteiger partial charge in [-0.2, -0.15) is 0 Å². The van der Waals surface area contributed by atoms with E-state index in [1.165, 1.54) is 0 Å². The molecule has 31 heavy (non-hydrogen) atoms. The molecule has 1 fully saturated rings. The van der Waals surface area contributed by atoms with Crippen molar-refractivity contribution in [3.05, 3.63) is 40.7 Å². The van der Waals surface area contributed by atoms with E-state index in [0.717, 1.165) is 54.6 Å². The van der Waals surface area contributed by atoms with Gasteiger partial charge in [-0.05, 0) is 25.0 Å². The van der Waals surface area contributed by atoms with Crippen molar-refractivity contribution < 1.29 is 19.4 Å². The van der Waals surface area contributed by atoms with Gasteiger partial charge >= 0.3 is 0 Å². The van der Waals surface area contributed by atoms with Gasteiger partial charge in [-0.3, -0.25) is 9.69 Å². The zero-order valence-corrected chi connectivity index (χ0v) is 18.4. The van der Waals surface area contributed by atoms with Gasteiger partial charge in [0, 0.05) is 51.1 Å². The number of fused-ring (bicyclic) bond motifs is 1. The molecule has 0 amide bonds. The number of rotatable bonds is 6. The highest BCUT2D eigenvalue weighted by molar-refractivity contribution is 5.99. The molecule has 1 atom stereocenters. The maximum Gasteiger partial charge on any atom is 0.225 e. The number of ketones is 1. The molecule has 1 aliphatic heterocycles. The van der Waals surface area contributed by atoms with Gasteiger partial charge in [-0.15, -0.1) is 0 Å². The van der Waals surface area contributed by atoms with E-state index >= 15 is 0 Å². The first-order valence-corrected chi connectivity index (χ1v) is 10.7. The number of nitrogens with zero attached hydrogens (tertiary/aromatic N) is 4. The van der Waals surface area contributed by atoms with Crippen LogP contribution in [-0.4, -0.2) is 79.3 Å². The van der Waals surface area contributed by atoms with E-state index in [1.807, 2.05) is 25.1 Å². The lowest BCUT2D eigenvalue weighted by atomic mass is 9.81. The Balaban J connectivity index is 1.60. The number of Topliss-reactive ketones (excluding diaryl/α,β-unsaturated/α-hetero) is 1. The van der Waals surface area contributed by atoms with E-state index in [4.69, 9.17) is 19.6 Å². The van der Waals surface area contributed by atoms with E-state index < -0.39 is 0 Å². The molecule has 0 saturated carbocycles. The number of aliphatic hydroxyl groups excluding tert-OH is 1. The lowest BCUT2D eigenvalue weighted by molar-refractivity contribution is 0.0961. The van der Waals surface area contributed by atoms with Crippen LogP contribution in [0, 0.1) is 6.92 Å². The second-order valence-electron chi connectivity index (χ2n) is 8.12. The smallest absolute Gasteiger partial charge is 0.225 e. The molecule has 0 spiro atoms. The van der Waals surface area contributed by atoms with Crippen molar-refractivity contribution in [3.8, 4) is 11.5 Å². The average molecular weight is 427 g/mol. The maximum atomic E-state index is 13.0. The van der Waals surface area contributed by atoms with Crippen LogP contribution in [0.2, 0.25) is 0 Å². The van der Waals surface area contributed by atoms with E-state index in [0.29, 0.717) is 30.9 Å². The Morgan fingerprint density at radius 2 is 1.87 bits per heavy atom. The molecule has 8 heteroatoms. The lowest BCUT2D eigenvalue weighted by Crippen LogP contribution is -2.48. The minimum Gasteiger partial charge on any atom is -0.497 e. The third-order valence-electron chi connectivity index (χ3n) is 6.26. The largest absolute Gasteiger partial charge is 0.497 e. The van der Waals surface area contributed by atoms with E-state index in [2.05, 4.69) is 14.8 Å². The van der Waals surface area contributed by atoms with Crippen molar-refractivity contribution in [2.75, 3.05) is 58.5 Å². The normalized spacial score (nSPS) is 19.3. The topological polar surface area (TPSA) is 88.0 Å². The summed E-state index contributed by atoms with van der Waals surface area (Å²) in [5, 5.41) is 9.15. The number of β-amino-alcohol motifs (C(OH)–C–C–N with tert-alkyl or cyclic N) is 1. The number of anilines is 1. The monoisotopic (exact) mass is 426 g/mol. The molecule has 1 aliphatic carbocycles. The summed E-state index contributed by atoms with van der Waals surface area (Å²) < 4.78 is 10.9.